The van der Waals surface area contributed by atoms with Gasteiger partial charge >= 0.3 is 6.18 Å². The summed E-state index contributed by atoms with van der Waals surface area (Å²) in [6.07, 6.45) is -4.47. The van der Waals surface area contributed by atoms with Crippen molar-refractivity contribution in [2.45, 2.75) is 13.1 Å². The van der Waals surface area contributed by atoms with E-state index in [4.69, 9.17) is 18.9 Å². The molecular weight excluding hydrogens is 543 g/mol. The number of carbonyl (C=O) groups excluding carboxylic acids is 1. The van der Waals surface area contributed by atoms with Crippen LogP contribution in [0.3, 0.4) is 0 Å². The number of alkyl halides is 3. The average Bonchev–Trinajstić information content (AvgIpc) is 3.50. The third kappa shape index (κ3) is 5.27. The Morgan fingerprint density at radius 3 is 2.05 bits per heavy atom. The van der Waals surface area contributed by atoms with E-state index in [1.807, 2.05) is 6.92 Å². The van der Waals surface area contributed by atoms with Crippen LogP contribution in [0.2, 0.25) is 0 Å². The molecule has 40 heavy (non-hydrogen) atoms. The lowest BCUT2D eigenvalue weighted by molar-refractivity contribution is -0.137. The van der Waals surface area contributed by atoms with Crippen LogP contribution >= 0.6 is 11.3 Å². The number of benzene rings is 3. The van der Waals surface area contributed by atoms with E-state index >= 15 is 0 Å². The zero-order valence-electron chi connectivity index (χ0n) is 21.8. The number of fused-ring (bicyclic) bond motifs is 1. The zero-order chi connectivity index (χ0) is 28.4. The van der Waals surface area contributed by atoms with Crippen LogP contribution in [0, 0.1) is 6.92 Å². The molecule has 0 bridgehead atoms. The van der Waals surface area contributed by atoms with Crippen molar-refractivity contribution in [2.75, 3.05) is 27.4 Å². The van der Waals surface area contributed by atoms with Crippen molar-refractivity contribution in [1.82, 2.24) is 4.98 Å². The molecule has 0 spiro atoms. The van der Waals surface area contributed by atoms with Crippen molar-refractivity contribution in [3.05, 3.63) is 99.0 Å². The van der Waals surface area contributed by atoms with E-state index in [0.717, 1.165) is 17.0 Å². The number of methoxy groups -OCH3 is 2. The second-order valence-corrected chi connectivity index (χ2v) is 9.89. The number of nitrogens with zero attached hydrogens (tertiary/aromatic N) is 1. The van der Waals surface area contributed by atoms with Crippen LogP contribution in [-0.2, 0) is 6.18 Å². The minimum atomic E-state index is -4.47. The van der Waals surface area contributed by atoms with Gasteiger partial charge in [0, 0.05) is 27.7 Å². The number of hydrogen-bond donors (Lipinski definition) is 0. The Labute approximate surface area is 232 Å². The monoisotopic (exact) mass is 567 g/mol. The first kappa shape index (κ1) is 27.3. The maximum atomic E-state index is 13.7. The summed E-state index contributed by atoms with van der Waals surface area (Å²) >= 11 is 1.43. The molecule has 1 aliphatic rings. The molecule has 0 saturated heterocycles. The molecule has 0 radical (unpaired) electrons. The molecule has 1 heterocycles. The zero-order valence-corrected chi connectivity index (χ0v) is 22.6. The molecule has 3 aromatic carbocycles. The largest absolute Gasteiger partial charge is 0.493 e. The van der Waals surface area contributed by atoms with Crippen LogP contribution in [0.1, 0.15) is 37.6 Å². The fourth-order valence-electron chi connectivity index (χ4n) is 4.52. The first-order valence-electron chi connectivity index (χ1n) is 12.2. The number of aryl methyl sites for hydroxylation is 1. The Bertz CT molecular complexity index is 1590. The van der Waals surface area contributed by atoms with Gasteiger partial charge in [0.15, 0.2) is 17.3 Å². The van der Waals surface area contributed by atoms with E-state index in [0.29, 0.717) is 56.5 Å². The number of hydrogen-bond acceptors (Lipinski definition) is 7. The van der Waals surface area contributed by atoms with Gasteiger partial charge in [-0.1, -0.05) is 12.1 Å². The normalized spacial score (nSPS) is 12.9. The SMILES string of the molecule is COc1ccc(OCCOc2ccc3c(c2)C(=O)C(c2ccc(C(F)(F)F)cc2)=C3c2ncsc2C)cc1OC. The molecule has 1 aromatic heterocycles. The van der Waals surface area contributed by atoms with E-state index < -0.39 is 11.7 Å². The molecule has 0 N–H and O–H groups in total. The molecule has 206 valence electrons. The van der Waals surface area contributed by atoms with E-state index in [2.05, 4.69) is 4.98 Å². The molecule has 10 heteroatoms. The highest BCUT2D eigenvalue weighted by Crippen LogP contribution is 2.44. The predicted molar refractivity (Wildman–Crippen MR) is 146 cm³/mol. The Morgan fingerprint density at radius 1 is 0.800 bits per heavy atom. The third-order valence-electron chi connectivity index (χ3n) is 6.44. The summed E-state index contributed by atoms with van der Waals surface area (Å²) in [6.45, 7) is 2.33. The van der Waals surface area contributed by atoms with Crippen LogP contribution in [0.5, 0.6) is 23.0 Å². The Kier molecular flexibility index (Phi) is 7.53. The summed E-state index contributed by atoms with van der Waals surface area (Å²) in [5.74, 6) is 1.88. The molecule has 0 atom stereocenters. The van der Waals surface area contributed by atoms with Crippen LogP contribution in [0.4, 0.5) is 13.2 Å². The molecule has 0 unspecified atom stereocenters. The van der Waals surface area contributed by atoms with Crippen LogP contribution < -0.4 is 18.9 Å². The molecule has 4 aromatic rings. The van der Waals surface area contributed by atoms with E-state index in [-0.39, 0.29) is 19.0 Å². The summed E-state index contributed by atoms with van der Waals surface area (Å²) in [5, 5.41) is 0. The number of ketones is 1. The molecule has 5 rings (SSSR count). The fourth-order valence-corrected chi connectivity index (χ4v) is 5.10. The molecule has 0 saturated carbocycles. The quantitative estimate of drug-likeness (QED) is 0.201. The second kappa shape index (κ2) is 11.1. The summed E-state index contributed by atoms with van der Waals surface area (Å²) in [5.41, 5.74) is 3.89. The molecular formula is C30H24F3NO5S. The van der Waals surface area contributed by atoms with Crippen molar-refractivity contribution in [3.63, 3.8) is 0 Å². The fraction of sp³-hybridized carbons (Fsp3) is 0.200. The highest BCUT2D eigenvalue weighted by Gasteiger charge is 2.35. The second-order valence-electron chi connectivity index (χ2n) is 8.83. The van der Waals surface area contributed by atoms with Gasteiger partial charge in [-0.2, -0.15) is 13.2 Å². The summed E-state index contributed by atoms with van der Waals surface area (Å²) in [7, 11) is 3.09. The van der Waals surface area contributed by atoms with Crippen molar-refractivity contribution < 1.29 is 36.9 Å². The van der Waals surface area contributed by atoms with Gasteiger partial charge in [0.25, 0.3) is 0 Å². The highest BCUT2D eigenvalue weighted by molar-refractivity contribution is 7.09. The van der Waals surface area contributed by atoms with Gasteiger partial charge in [-0.05, 0) is 60.5 Å². The molecule has 0 fully saturated rings. The minimum absolute atomic E-state index is 0.207. The number of Topliss-reactive ketones (excluding diaryl/α,β-unsaturated/α-hetero) is 1. The lowest BCUT2D eigenvalue weighted by atomic mass is 9.96. The van der Waals surface area contributed by atoms with Crippen molar-refractivity contribution in [1.29, 1.82) is 0 Å². The topological polar surface area (TPSA) is 66.9 Å². The Balaban J connectivity index is 1.37. The van der Waals surface area contributed by atoms with Gasteiger partial charge in [-0.25, -0.2) is 4.98 Å². The van der Waals surface area contributed by atoms with Gasteiger partial charge < -0.3 is 18.9 Å². The molecule has 6 nitrogen and oxygen atoms in total. The lowest BCUT2D eigenvalue weighted by Crippen LogP contribution is -2.09. The van der Waals surface area contributed by atoms with Crippen LogP contribution in [0.25, 0.3) is 11.1 Å². The number of allylic oxidation sites excluding steroid dienone is 1. The summed E-state index contributed by atoms with van der Waals surface area (Å²) in [4.78, 5) is 19.0. The lowest BCUT2D eigenvalue weighted by Gasteiger charge is -2.12. The third-order valence-corrected chi connectivity index (χ3v) is 7.20. The van der Waals surface area contributed by atoms with Crippen LogP contribution in [0.15, 0.2) is 66.2 Å². The molecule has 0 amide bonds. The van der Waals surface area contributed by atoms with Gasteiger partial charge in [-0.15, -0.1) is 11.3 Å². The number of halogens is 3. The highest BCUT2D eigenvalue weighted by atomic mass is 32.1. The van der Waals surface area contributed by atoms with Crippen molar-refractivity contribution in [3.8, 4) is 23.0 Å². The molecule has 1 aliphatic carbocycles. The van der Waals surface area contributed by atoms with Gasteiger partial charge in [0.1, 0.15) is 24.7 Å². The van der Waals surface area contributed by atoms with Crippen molar-refractivity contribution in [2.24, 2.45) is 0 Å². The number of aromatic nitrogens is 1. The van der Waals surface area contributed by atoms with Crippen molar-refractivity contribution >= 4 is 28.3 Å². The Hall–Kier alpha value is -4.31. The van der Waals surface area contributed by atoms with E-state index in [1.54, 1.807) is 56.1 Å². The number of ether oxygens (including phenoxy) is 4. The first-order chi connectivity index (χ1) is 19.2. The van der Waals surface area contributed by atoms with Gasteiger partial charge in [0.05, 0.1) is 31.0 Å². The standard InChI is InChI=1S/C30H24F3NO5S/c1-17-28(34-16-40-17)27-22-10-8-20(38-12-13-39-21-9-11-24(36-2)25(15-21)37-3)14-23(22)29(35)26(27)18-4-6-19(7-5-18)30(31,32)33/h4-11,14-16H,12-13H2,1-3H3. The smallest absolute Gasteiger partial charge is 0.416 e. The number of rotatable bonds is 9. The average molecular weight is 568 g/mol. The summed E-state index contributed by atoms with van der Waals surface area (Å²) in [6, 6.07) is 15.0. The number of carbonyl (C=O) groups is 1. The first-order valence-corrected chi connectivity index (χ1v) is 13.1. The Morgan fingerprint density at radius 2 is 1.45 bits per heavy atom. The van der Waals surface area contributed by atoms with Crippen LogP contribution in [-0.4, -0.2) is 38.2 Å². The molecule has 0 aliphatic heterocycles. The van der Waals surface area contributed by atoms with Gasteiger partial charge in [0.2, 0.25) is 0 Å². The van der Waals surface area contributed by atoms with E-state index in [1.165, 1.54) is 23.5 Å². The number of thiazole rings is 1. The maximum absolute atomic E-state index is 13.7. The minimum Gasteiger partial charge on any atom is -0.493 e. The summed E-state index contributed by atoms with van der Waals surface area (Å²) < 4.78 is 61.6. The predicted octanol–water partition coefficient (Wildman–Crippen LogP) is 7.10. The van der Waals surface area contributed by atoms with E-state index in [9.17, 15) is 18.0 Å². The van der Waals surface area contributed by atoms with Gasteiger partial charge in [-0.3, -0.25) is 4.79 Å². The maximum Gasteiger partial charge on any atom is 0.416 e.